The summed E-state index contributed by atoms with van der Waals surface area (Å²) < 4.78 is 18.6. The van der Waals surface area contributed by atoms with Crippen LogP contribution in [0.3, 0.4) is 0 Å². The highest BCUT2D eigenvalue weighted by atomic mass is 79.9. The molecule has 0 aliphatic heterocycles. The van der Waals surface area contributed by atoms with E-state index in [9.17, 15) is 0 Å². The van der Waals surface area contributed by atoms with Crippen LogP contribution in [-0.4, -0.2) is 23.2 Å². The lowest BCUT2D eigenvalue weighted by atomic mass is 10.0. The van der Waals surface area contributed by atoms with Gasteiger partial charge >= 0.3 is 0 Å². The smallest absolute Gasteiger partial charge is 0.146 e. The van der Waals surface area contributed by atoms with Crippen molar-refractivity contribution in [2.24, 2.45) is 0 Å². The van der Waals surface area contributed by atoms with Gasteiger partial charge in [0, 0.05) is 10.8 Å². The Bertz CT molecular complexity index is 1980. The Morgan fingerprint density at radius 2 is 0.721 bits per heavy atom. The van der Waals surface area contributed by atoms with Crippen molar-refractivity contribution in [2.75, 3.05) is 13.2 Å². The second-order valence-corrected chi connectivity index (χ2v) is 26.5. The van der Waals surface area contributed by atoms with E-state index in [2.05, 4.69) is 71.7 Å². The quantitative estimate of drug-likeness (QED) is 0.0365. The summed E-state index contributed by atoms with van der Waals surface area (Å²) in [6, 6.07) is 4.70. The third-order valence-corrected chi connectivity index (χ3v) is 20.1. The maximum Gasteiger partial charge on any atom is 0.146 e. The zero-order valence-electron chi connectivity index (χ0n) is 43.1. The third kappa shape index (κ3) is 20.5. The van der Waals surface area contributed by atoms with Gasteiger partial charge in [-0.2, -0.15) is 0 Å². The number of aromatic nitrogens is 2. The molecule has 0 saturated heterocycles. The Morgan fingerprint density at radius 1 is 0.397 bits per heavy atom. The molecule has 4 nitrogen and oxygen atoms in total. The van der Waals surface area contributed by atoms with Gasteiger partial charge in [0.1, 0.15) is 21.5 Å². The molecule has 0 unspecified atom stereocenters. The van der Waals surface area contributed by atoms with E-state index < -0.39 is 0 Å². The number of benzene rings is 1. The summed E-state index contributed by atoms with van der Waals surface area (Å²) in [4.78, 5) is 12.7. The van der Waals surface area contributed by atoms with Crippen LogP contribution in [0.1, 0.15) is 257 Å². The van der Waals surface area contributed by atoms with Gasteiger partial charge in [-0.05, 0) is 76.6 Å². The normalized spacial score (nSPS) is 11.9. The van der Waals surface area contributed by atoms with Gasteiger partial charge in [0.05, 0.1) is 51.3 Å². The number of hydrogen-bond acceptors (Lipinski definition) is 8. The molecule has 0 radical (unpaired) electrons. The Hall–Kier alpha value is -1.04. The van der Waals surface area contributed by atoms with Crippen LogP contribution >= 0.6 is 77.2 Å². The average molecular weight is 1140 g/mol. The first-order valence-corrected chi connectivity index (χ1v) is 32.9. The number of nitrogens with zero attached hydrogens (tertiary/aromatic N) is 2. The first-order valence-electron chi connectivity index (χ1n) is 28.0. The fourth-order valence-electron chi connectivity index (χ4n) is 9.47. The second-order valence-electron chi connectivity index (χ2n) is 19.7. The summed E-state index contributed by atoms with van der Waals surface area (Å²) in [7, 11) is 0. The molecular formula is C58H90Br2N2O2S4. The number of unbranched alkanes of at least 4 members (excludes halogenated alkanes) is 32. The monoisotopic (exact) mass is 1130 g/mol. The molecule has 4 aromatic heterocycles. The Morgan fingerprint density at radius 3 is 1.07 bits per heavy atom. The lowest BCUT2D eigenvalue weighted by Crippen LogP contribution is -2.00. The lowest BCUT2D eigenvalue weighted by Gasteiger charge is -2.14. The zero-order chi connectivity index (χ0) is 48.0. The summed E-state index contributed by atoms with van der Waals surface area (Å²) in [6.45, 7) is 10.4. The van der Waals surface area contributed by atoms with Crippen LogP contribution in [0.4, 0.5) is 0 Å². The molecule has 0 spiro atoms. The highest BCUT2D eigenvalue weighted by Gasteiger charge is 2.25. The van der Waals surface area contributed by atoms with Crippen LogP contribution in [-0.2, 0) is 6.42 Å². The van der Waals surface area contributed by atoms with Gasteiger partial charge in [0.2, 0.25) is 0 Å². The molecule has 5 rings (SSSR count). The molecule has 0 atom stereocenters. The number of thiophene rings is 2. The molecule has 0 bridgehead atoms. The van der Waals surface area contributed by atoms with Crippen LogP contribution in [0.15, 0.2) is 19.7 Å². The number of hydrogen-bond donors (Lipinski definition) is 0. The van der Waals surface area contributed by atoms with E-state index in [4.69, 9.17) is 19.4 Å². The van der Waals surface area contributed by atoms with Crippen LogP contribution in [0, 0.1) is 6.92 Å². The van der Waals surface area contributed by atoms with E-state index >= 15 is 0 Å². The molecular weight excluding hydrogens is 1040 g/mol. The molecule has 0 aliphatic carbocycles. The van der Waals surface area contributed by atoms with Crippen molar-refractivity contribution >= 4 is 97.4 Å². The van der Waals surface area contributed by atoms with Gasteiger partial charge in [-0.3, -0.25) is 0 Å². The average Bonchev–Trinajstić information content (AvgIpc) is 4.14. The predicted molar refractivity (Wildman–Crippen MR) is 313 cm³/mol. The van der Waals surface area contributed by atoms with Gasteiger partial charge in [-0.25, -0.2) is 9.97 Å². The van der Waals surface area contributed by atoms with Gasteiger partial charge in [0.15, 0.2) is 0 Å². The van der Waals surface area contributed by atoms with Gasteiger partial charge in [-0.15, -0.1) is 45.3 Å². The molecule has 5 aromatic rings. The molecule has 1 aromatic carbocycles. The van der Waals surface area contributed by atoms with Crippen LogP contribution in [0.5, 0.6) is 11.5 Å². The fourth-order valence-corrected chi connectivity index (χ4v) is 14.8. The molecule has 0 aliphatic rings. The van der Waals surface area contributed by atoms with Crippen molar-refractivity contribution in [3.8, 4) is 31.3 Å². The number of rotatable bonds is 42. The summed E-state index contributed by atoms with van der Waals surface area (Å²) in [5, 5.41) is 4.48. The van der Waals surface area contributed by atoms with Gasteiger partial charge in [0.25, 0.3) is 0 Å². The van der Waals surface area contributed by atoms with Crippen molar-refractivity contribution in [1.29, 1.82) is 0 Å². The molecule has 0 N–H and O–H groups in total. The minimum Gasteiger partial charge on any atom is -0.491 e. The summed E-state index contributed by atoms with van der Waals surface area (Å²) in [5.41, 5.74) is 2.24. The van der Waals surface area contributed by atoms with Crippen molar-refractivity contribution in [2.45, 2.75) is 259 Å². The first-order chi connectivity index (χ1) is 33.4. The maximum atomic E-state index is 6.99. The third-order valence-electron chi connectivity index (χ3n) is 13.7. The zero-order valence-corrected chi connectivity index (χ0v) is 49.6. The predicted octanol–water partition coefficient (Wildman–Crippen LogP) is 23.2. The number of fused-ring (bicyclic) bond motifs is 2. The summed E-state index contributed by atoms with van der Waals surface area (Å²) >= 11 is 14.9. The van der Waals surface area contributed by atoms with E-state index in [1.165, 1.54) is 246 Å². The first kappa shape index (κ1) is 57.9. The number of ether oxygens (including phenoxy) is 2. The molecule has 0 saturated carbocycles. The minimum atomic E-state index is 0.729. The highest BCUT2D eigenvalue weighted by Crippen LogP contribution is 2.53. The molecule has 68 heavy (non-hydrogen) atoms. The number of aryl methyl sites for hydroxylation is 2. The standard InChI is InChI=1S/C58H90Br2N2O2S4/c1-5-8-11-14-17-19-21-23-25-27-29-32-35-38-41-63-51-46-43-49(57-61-45(4)55(59)67-57)65-53(46)52(64-42-39-36-33-30-28-26-24-22-20-18-15-12-9-6-2)47-44-50(66-54(47)51)58-62-48(56(60)68-58)40-37-34-31-16-13-10-7-3/h43-44H,5-42H2,1-4H3. The Balaban J connectivity index is 1.26. The van der Waals surface area contributed by atoms with Gasteiger partial charge in [-0.1, -0.05) is 226 Å². The fraction of sp³-hybridized carbons (Fsp3) is 0.724. The topological polar surface area (TPSA) is 44.2 Å². The van der Waals surface area contributed by atoms with Gasteiger partial charge < -0.3 is 9.47 Å². The largest absolute Gasteiger partial charge is 0.491 e. The van der Waals surface area contributed by atoms with Crippen molar-refractivity contribution in [3.05, 3.63) is 31.1 Å². The number of thiazole rings is 2. The Labute approximate surface area is 447 Å². The Kier molecular flexibility index (Phi) is 29.9. The van der Waals surface area contributed by atoms with Crippen LogP contribution in [0.2, 0.25) is 0 Å². The summed E-state index contributed by atoms with van der Waals surface area (Å²) in [6.07, 6.45) is 48.1. The molecule has 0 amide bonds. The number of halogens is 2. The van der Waals surface area contributed by atoms with E-state index in [1.54, 1.807) is 22.7 Å². The van der Waals surface area contributed by atoms with Crippen LogP contribution < -0.4 is 9.47 Å². The van der Waals surface area contributed by atoms with E-state index in [0.29, 0.717) is 0 Å². The SMILES string of the molecule is CCCCCCCCCCCCCCCCOc1c2cc(-c3nc(CCCCCCCCC)c(Br)s3)sc2c(OCCCCCCCCCCCCCCCC)c2cc(-c3nc(C)c(Br)s3)sc12. The minimum absolute atomic E-state index is 0.729. The van der Waals surface area contributed by atoms with Crippen molar-refractivity contribution in [1.82, 2.24) is 9.97 Å². The van der Waals surface area contributed by atoms with E-state index in [1.807, 2.05) is 22.7 Å². The second kappa shape index (κ2) is 35.2. The molecule has 382 valence electrons. The van der Waals surface area contributed by atoms with E-state index in [-0.39, 0.29) is 0 Å². The van der Waals surface area contributed by atoms with Crippen molar-refractivity contribution < 1.29 is 9.47 Å². The molecule has 10 heteroatoms. The lowest BCUT2D eigenvalue weighted by molar-refractivity contribution is 0.307. The van der Waals surface area contributed by atoms with Crippen LogP contribution in [0.25, 0.3) is 39.9 Å². The summed E-state index contributed by atoms with van der Waals surface area (Å²) in [5.74, 6) is 2.03. The molecule has 4 heterocycles. The highest BCUT2D eigenvalue weighted by molar-refractivity contribution is 9.11. The maximum absolute atomic E-state index is 6.99. The van der Waals surface area contributed by atoms with E-state index in [0.717, 1.165) is 68.9 Å². The van der Waals surface area contributed by atoms with Crippen molar-refractivity contribution in [3.63, 3.8) is 0 Å². The molecule has 0 fully saturated rings.